The van der Waals surface area contributed by atoms with Crippen molar-refractivity contribution in [3.05, 3.63) is 28.2 Å². The number of rotatable bonds is 8. The molecule has 114 valence electrons. The number of halogens is 2. The molecule has 0 aliphatic carbocycles. The Morgan fingerprint density at radius 3 is 2.55 bits per heavy atom. The maximum atomic E-state index is 9.93. The van der Waals surface area contributed by atoms with Gasteiger partial charge in [-0.1, -0.05) is 44.0 Å². The van der Waals surface area contributed by atoms with E-state index in [-0.39, 0.29) is 6.61 Å². The van der Waals surface area contributed by atoms with E-state index in [1.54, 1.807) is 18.2 Å². The number of hydrogen-bond donors (Lipinski definition) is 2. The van der Waals surface area contributed by atoms with Crippen LogP contribution in [0.2, 0.25) is 10.0 Å². The molecule has 0 amide bonds. The second-order valence-electron chi connectivity index (χ2n) is 5.21. The summed E-state index contributed by atoms with van der Waals surface area (Å²) in [5.74, 6) is 1.07. The highest BCUT2D eigenvalue weighted by Crippen LogP contribution is 2.27. The highest BCUT2D eigenvalue weighted by molar-refractivity contribution is 6.35. The quantitative estimate of drug-likeness (QED) is 0.766. The zero-order valence-electron chi connectivity index (χ0n) is 12.2. The first kappa shape index (κ1) is 17.6. The van der Waals surface area contributed by atoms with Gasteiger partial charge in [-0.3, -0.25) is 0 Å². The van der Waals surface area contributed by atoms with Crippen molar-refractivity contribution in [1.82, 2.24) is 5.32 Å². The maximum absolute atomic E-state index is 9.93. The summed E-state index contributed by atoms with van der Waals surface area (Å²) in [7, 11) is 0. The van der Waals surface area contributed by atoms with E-state index in [2.05, 4.69) is 26.1 Å². The van der Waals surface area contributed by atoms with Gasteiger partial charge in [-0.05, 0) is 30.5 Å². The van der Waals surface area contributed by atoms with Crippen LogP contribution >= 0.6 is 23.2 Å². The molecule has 1 aromatic carbocycles. The molecule has 0 heterocycles. The molecule has 0 bridgehead atoms. The van der Waals surface area contributed by atoms with E-state index in [1.165, 1.54) is 0 Å². The number of aliphatic hydroxyl groups excluding tert-OH is 1. The van der Waals surface area contributed by atoms with E-state index in [4.69, 9.17) is 27.9 Å². The van der Waals surface area contributed by atoms with Gasteiger partial charge in [0.05, 0.1) is 5.02 Å². The molecule has 0 fully saturated rings. The van der Waals surface area contributed by atoms with Crippen molar-refractivity contribution in [2.75, 3.05) is 13.2 Å². The highest BCUT2D eigenvalue weighted by Gasteiger charge is 2.13. The summed E-state index contributed by atoms with van der Waals surface area (Å²) in [6.45, 7) is 7.16. The molecule has 0 aromatic heterocycles. The van der Waals surface area contributed by atoms with E-state index < -0.39 is 6.10 Å². The Bertz CT molecular complexity index is 413. The van der Waals surface area contributed by atoms with Crippen LogP contribution in [0.4, 0.5) is 0 Å². The molecule has 2 unspecified atom stereocenters. The first-order valence-electron chi connectivity index (χ1n) is 6.93. The Morgan fingerprint density at radius 2 is 2.00 bits per heavy atom. The van der Waals surface area contributed by atoms with Crippen LogP contribution < -0.4 is 10.1 Å². The molecule has 2 N–H and O–H groups in total. The predicted molar refractivity (Wildman–Crippen MR) is 84.9 cm³/mol. The van der Waals surface area contributed by atoms with E-state index in [1.807, 2.05) is 0 Å². The van der Waals surface area contributed by atoms with Crippen LogP contribution in [-0.2, 0) is 0 Å². The summed E-state index contributed by atoms with van der Waals surface area (Å²) in [4.78, 5) is 0. The smallest absolute Gasteiger partial charge is 0.138 e. The third-order valence-electron chi connectivity index (χ3n) is 3.19. The molecule has 2 atom stereocenters. The lowest BCUT2D eigenvalue weighted by molar-refractivity contribution is 0.101. The van der Waals surface area contributed by atoms with Crippen molar-refractivity contribution >= 4 is 23.2 Å². The fourth-order valence-corrected chi connectivity index (χ4v) is 2.44. The zero-order chi connectivity index (χ0) is 15.1. The molecular formula is C15H23Cl2NO2. The topological polar surface area (TPSA) is 41.5 Å². The van der Waals surface area contributed by atoms with Crippen LogP contribution in [0.5, 0.6) is 5.75 Å². The van der Waals surface area contributed by atoms with Crippen LogP contribution in [0.15, 0.2) is 18.2 Å². The van der Waals surface area contributed by atoms with Gasteiger partial charge in [0.2, 0.25) is 0 Å². The maximum Gasteiger partial charge on any atom is 0.138 e. The molecule has 5 heteroatoms. The molecule has 1 rings (SSSR count). The van der Waals surface area contributed by atoms with Crippen LogP contribution in [-0.4, -0.2) is 30.4 Å². The number of hydrogen-bond acceptors (Lipinski definition) is 3. The van der Waals surface area contributed by atoms with Gasteiger partial charge < -0.3 is 15.2 Å². The van der Waals surface area contributed by atoms with Crippen molar-refractivity contribution in [3.63, 3.8) is 0 Å². The summed E-state index contributed by atoms with van der Waals surface area (Å²) in [6, 6.07) is 5.44. The summed E-state index contributed by atoms with van der Waals surface area (Å²) >= 11 is 11.8. The van der Waals surface area contributed by atoms with Crippen molar-refractivity contribution in [1.29, 1.82) is 0 Å². The molecule has 1 aromatic rings. The molecule has 0 radical (unpaired) electrons. The van der Waals surface area contributed by atoms with Gasteiger partial charge in [0.15, 0.2) is 0 Å². The molecule has 20 heavy (non-hydrogen) atoms. The van der Waals surface area contributed by atoms with Gasteiger partial charge in [0.1, 0.15) is 18.5 Å². The average Bonchev–Trinajstić information content (AvgIpc) is 2.38. The highest BCUT2D eigenvalue weighted by atomic mass is 35.5. The van der Waals surface area contributed by atoms with Crippen molar-refractivity contribution in [2.24, 2.45) is 5.92 Å². The Morgan fingerprint density at radius 1 is 1.30 bits per heavy atom. The Kier molecular flexibility index (Phi) is 7.67. The Balaban J connectivity index is 2.37. The van der Waals surface area contributed by atoms with Crippen LogP contribution in [0.3, 0.4) is 0 Å². The lowest BCUT2D eigenvalue weighted by Crippen LogP contribution is -2.40. The van der Waals surface area contributed by atoms with Crippen LogP contribution in [0, 0.1) is 5.92 Å². The lowest BCUT2D eigenvalue weighted by atomic mass is 10.0. The number of aliphatic hydroxyl groups is 1. The second kappa shape index (κ2) is 8.73. The standard InChI is InChI=1S/C15H23Cl2NO2/c1-4-14(10(2)3)18-8-12(19)9-20-15-6-5-11(16)7-13(15)17/h5-7,10,12,14,18-19H,4,8-9H2,1-3H3. The minimum atomic E-state index is -0.574. The van der Waals surface area contributed by atoms with E-state index in [0.717, 1.165) is 6.42 Å². The monoisotopic (exact) mass is 319 g/mol. The van der Waals surface area contributed by atoms with Crippen molar-refractivity contribution < 1.29 is 9.84 Å². The molecule has 0 spiro atoms. The van der Waals surface area contributed by atoms with Gasteiger partial charge in [-0.25, -0.2) is 0 Å². The Labute approximate surface area is 131 Å². The molecule has 0 saturated carbocycles. The summed E-state index contributed by atoms with van der Waals surface area (Å²) < 4.78 is 5.50. The predicted octanol–water partition coefficient (Wildman–Crippen LogP) is 3.76. The molecule has 3 nitrogen and oxygen atoms in total. The molecule has 0 aliphatic heterocycles. The zero-order valence-corrected chi connectivity index (χ0v) is 13.7. The third kappa shape index (κ3) is 5.88. The minimum absolute atomic E-state index is 0.197. The normalized spacial score (nSPS) is 14.3. The van der Waals surface area contributed by atoms with E-state index >= 15 is 0 Å². The van der Waals surface area contributed by atoms with Crippen LogP contribution in [0.25, 0.3) is 0 Å². The van der Waals surface area contributed by atoms with Crippen LogP contribution in [0.1, 0.15) is 27.2 Å². The fraction of sp³-hybridized carbons (Fsp3) is 0.600. The molecular weight excluding hydrogens is 297 g/mol. The second-order valence-corrected chi connectivity index (χ2v) is 6.05. The summed E-state index contributed by atoms with van der Waals surface area (Å²) in [5, 5.41) is 14.3. The van der Waals surface area contributed by atoms with Gasteiger partial charge in [0, 0.05) is 17.6 Å². The molecule has 0 saturated heterocycles. The Hall–Kier alpha value is -0.480. The van der Waals surface area contributed by atoms with Crippen molar-refractivity contribution in [2.45, 2.75) is 39.3 Å². The molecule has 0 aliphatic rings. The largest absolute Gasteiger partial charge is 0.489 e. The fourth-order valence-electron chi connectivity index (χ4n) is 1.98. The van der Waals surface area contributed by atoms with E-state index in [9.17, 15) is 5.11 Å². The summed E-state index contributed by atoms with van der Waals surface area (Å²) in [5.41, 5.74) is 0. The number of benzene rings is 1. The van der Waals surface area contributed by atoms with Gasteiger partial charge >= 0.3 is 0 Å². The SMILES string of the molecule is CCC(NCC(O)COc1ccc(Cl)cc1Cl)C(C)C. The van der Waals surface area contributed by atoms with Crippen molar-refractivity contribution in [3.8, 4) is 5.75 Å². The first-order valence-corrected chi connectivity index (χ1v) is 7.69. The minimum Gasteiger partial charge on any atom is -0.489 e. The third-order valence-corrected chi connectivity index (χ3v) is 3.72. The lowest BCUT2D eigenvalue weighted by Gasteiger charge is -2.22. The summed E-state index contributed by atoms with van der Waals surface area (Å²) in [6.07, 6.45) is 0.461. The van der Waals surface area contributed by atoms with E-state index in [0.29, 0.717) is 34.3 Å². The van der Waals surface area contributed by atoms with Gasteiger partial charge in [-0.15, -0.1) is 0 Å². The first-order chi connectivity index (χ1) is 9.43. The average molecular weight is 320 g/mol. The van der Waals surface area contributed by atoms with Gasteiger partial charge in [0.25, 0.3) is 0 Å². The number of ether oxygens (including phenoxy) is 1. The van der Waals surface area contributed by atoms with Gasteiger partial charge in [-0.2, -0.15) is 0 Å². The number of nitrogens with one attached hydrogen (secondary N) is 1.